The van der Waals surface area contributed by atoms with Gasteiger partial charge in [-0.2, -0.15) is 0 Å². The summed E-state index contributed by atoms with van der Waals surface area (Å²) in [6.45, 7) is 3.51. The van der Waals surface area contributed by atoms with Gasteiger partial charge >= 0.3 is 5.97 Å². The minimum absolute atomic E-state index is 0.147. The largest absolute Gasteiger partial charge is 0.482 e. The molecular weight excluding hydrogens is 340 g/mol. The Morgan fingerprint density at radius 3 is 2.68 bits per heavy atom. The van der Waals surface area contributed by atoms with Crippen molar-refractivity contribution in [3.63, 3.8) is 0 Å². The lowest BCUT2D eigenvalue weighted by molar-refractivity contribution is -0.139. The number of allylic oxidation sites excluding steroid dienone is 1. The highest BCUT2D eigenvalue weighted by atomic mass is 32.1. The van der Waals surface area contributed by atoms with Gasteiger partial charge in [0, 0.05) is 16.6 Å². The average molecular weight is 356 g/mol. The zero-order valence-corrected chi connectivity index (χ0v) is 14.5. The number of thiazole rings is 1. The minimum atomic E-state index is -1.05. The molecule has 0 saturated heterocycles. The van der Waals surface area contributed by atoms with Gasteiger partial charge in [-0.3, -0.25) is 9.20 Å². The molecule has 0 radical (unpaired) electrons. The van der Waals surface area contributed by atoms with E-state index in [2.05, 4.69) is 4.98 Å². The number of fused-ring (bicyclic) bond motifs is 1. The van der Waals surface area contributed by atoms with Crippen LogP contribution >= 0.6 is 11.3 Å². The normalized spacial score (nSPS) is 11.3. The summed E-state index contributed by atoms with van der Waals surface area (Å²) in [4.78, 5) is 29.3. The van der Waals surface area contributed by atoms with Crippen LogP contribution in [0.3, 0.4) is 0 Å². The molecule has 0 atom stereocenters. The second kappa shape index (κ2) is 6.90. The fourth-order valence-corrected chi connectivity index (χ4v) is 3.27. The standard InChI is InChI=1S/C18H16N2O4S/c1-11-9-20-15(12(2)19-18(20)25-11)7-8-16(21)13-3-5-14(6-4-13)24-10-17(22)23/h3-9H,10H2,1-2H3,(H,22,23). The van der Waals surface area contributed by atoms with Gasteiger partial charge in [-0.1, -0.05) is 0 Å². The quantitative estimate of drug-likeness (QED) is 0.541. The number of ether oxygens (including phenoxy) is 1. The van der Waals surface area contributed by atoms with Crippen molar-refractivity contribution in [2.45, 2.75) is 13.8 Å². The first-order valence-corrected chi connectivity index (χ1v) is 8.38. The number of aromatic nitrogens is 2. The van der Waals surface area contributed by atoms with E-state index in [-0.39, 0.29) is 5.78 Å². The van der Waals surface area contributed by atoms with Crippen LogP contribution in [0.5, 0.6) is 5.75 Å². The van der Waals surface area contributed by atoms with E-state index in [0.717, 1.165) is 21.2 Å². The van der Waals surface area contributed by atoms with Gasteiger partial charge in [0.15, 0.2) is 17.4 Å². The summed E-state index contributed by atoms with van der Waals surface area (Å²) in [5, 5.41) is 8.58. The highest BCUT2D eigenvalue weighted by Crippen LogP contribution is 2.22. The van der Waals surface area contributed by atoms with Gasteiger partial charge in [-0.25, -0.2) is 9.78 Å². The summed E-state index contributed by atoms with van der Waals surface area (Å²) >= 11 is 1.60. The third-order valence-electron chi connectivity index (χ3n) is 3.56. The second-order valence-corrected chi connectivity index (χ2v) is 6.69. The predicted octanol–water partition coefficient (Wildman–Crippen LogP) is 3.37. The smallest absolute Gasteiger partial charge is 0.341 e. The van der Waals surface area contributed by atoms with Gasteiger partial charge in [-0.05, 0) is 50.3 Å². The van der Waals surface area contributed by atoms with Gasteiger partial charge in [0.1, 0.15) is 5.75 Å². The minimum Gasteiger partial charge on any atom is -0.482 e. The molecule has 25 heavy (non-hydrogen) atoms. The highest BCUT2D eigenvalue weighted by molar-refractivity contribution is 7.17. The van der Waals surface area contributed by atoms with Crippen LogP contribution in [0.2, 0.25) is 0 Å². The third kappa shape index (κ3) is 3.77. The Bertz CT molecular complexity index is 967. The van der Waals surface area contributed by atoms with Crippen LogP contribution in [-0.4, -0.2) is 32.9 Å². The molecule has 0 amide bonds. The molecule has 128 valence electrons. The zero-order valence-electron chi connectivity index (χ0n) is 13.7. The molecule has 0 fully saturated rings. The van der Waals surface area contributed by atoms with Crippen LogP contribution in [0, 0.1) is 13.8 Å². The first-order valence-electron chi connectivity index (χ1n) is 7.56. The molecule has 0 aliphatic heterocycles. The summed E-state index contributed by atoms with van der Waals surface area (Å²) in [5.74, 6) is -0.787. The van der Waals surface area contributed by atoms with Crippen LogP contribution in [0.15, 0.2) is 36.5 Å². The molecule has 2 heterocycles. The maximum Gasteiger partial charge on any atom is 0.341 e. The van der Waals surface area contributed by atoms with E-state index >= 15 is 0 Å². The summed E-state index contributed by atoms with van der Waals surface area (Å²) in [6, 6.07) is 6.37. The zero-order chi connectivity index (χ0) is 18.0. The number of carbonyl (C=O) groups is 2. The van der Waals surface area contributed by atoms with Crippen molar-refractivity contribution in [3.8, 4) is 5.75 Å². The highest BCUT2D eigenvalue weighted by Gasteiger charge is 2.09. The van der Waals surface area contributed by atoms with Gasteiger partial charge in [0.2, 0.25) is 0 Å². The summed E-state index contributed by atoms with van der Waals surface area (Å²) < 4.78 is 7.02. The molecule has 3 aromatic rings. The molecule has 3 rings (SSSR count). The van der Waals surface area contributed by atoms with Crippen molar-refractivity contribution in [3.05, 3.63) is 58.4 Å². The lowest BCUT2D eigenvalue weighted by Gasteiger charge is -2.03. The van der Waals surface area contributed by atoms with Crippen molar-refractivity contribution < 1.29 is 19.4 Å². The number of ketones is 1. The molecule has 1 N–H and O–H groups in total. The number of carboxylic acids is 1. The number of carbonyl (C=O) groups excluding carboxylic acids is 1. The lowest BCUT2D eigenvalue weighted by atomic mass is 10.1. The van der Waals surface area contributed by atoms with E-state index in [4.69, 9.17) is 9.84 Å². The summed E-state index contributed by atoms with van der Waals surface area (Å²) in [6.07, 6.45) is 5.27. The van der Waals surface area contributed by atoms with E-state index in [1.165, 1.54) is 6.08 Å². The fraction of sp³-hybridized carbons (Fsp3) is 0.167. The Kier molecular flexibility index (Phi) is 4.67. The number of nitrogens with zero attached hydrogens (tertiary/aromatic N) is 2. The maximum absolute atomic E-state index is 12.3. The van der Waals surface area contributed by atoms with E-state index in [1.807, 2.05) is 24.4 Å². The first-order chi connectivity index (χ1) is 11.9. The number of benzene rings is 1. The van der Waals surface area contributed by atoms with E-state index in [1.54, 1.807) is 41.7 Å². The number of carboxylic acid groups (broad SMARTS) is 1. The molecule has 1 aromatic carbocycles. The van der Waals surface area contributed by atoms with Crippen molar-refractivity contribution in [2.24, 2.45) is 0 Å². The van der Waals surface area contributed by atoms with Crippen LogP contribution in [0.25, 0.3) is 11.0 Å². The Labute approximate surface area is 148 Å². The maximum atomic E-state index is 12.3. The Morgan fingerprint density at radius 2 is 2.00 bits per heavy atom. The second-order valence-electron chi connectivity index (χ2n) is 5.48. The monoisotopic (exact) mass is 356 g/mol. The van der Waals surface area contributed by atoms with Gasteiger partial charge in [0.25, 0.3) is 0 Å². The predicted molar refractivity (Wildman–Crippen MR) is 95.5 cm³/mol. The van der Waals surface area contributed by atoms with Crippen LogP contribution in [-0.2, 0) is 4.79 Å². The molecule has 0 saturated carbocycles. The number of imidazole rings is 1. The number of aliphatic carboxylic acids is 1. The van der Waals surface area contributed by atoms with E-state index in [0.29, 0.717) is 11.3 Å². The Balaban J connectivity index is 1.75. The van der Waals surface area contributed by atoms with Crippen molar-refractivity contribution >= 4 is 34.1 Å². The molecule has 7 heteroatoms. The van der Waals surface area contributed by atoms with E-state index in [9.17, 15) is 9.59 Å². The molecule has 2 aromatic heterocycles. The van der Waals surface area contributed by atoms with Crippen LogP contribution < -0.4 is 4.74 Å². The fourth-order valence-electron chi connectivity index (χ4n) is 2.39. The molecule has 0 aliphatic carbocycles. The summed E-state index contributed by atoms with van der Waals surface area (Å²) in [7, 11) is 0. The number of hydrogen-bond donors (Lipinski definition) is 1. The SMILES string of the molecule is Cc1cn2c(C=CC(=O)c3ccc(OCC(=O)O)cc3)c(C)nc2s1. The molecular formula is C18H16N2O4S. The topological polar surface area (TPSA) is 80.9 Å². The third-order valence-corrected chi connectivity index (χ3v) is 4.45. The van der Waals surface area contributed by atoms with Gasteiger partial charge in [-0.15, -0.1) is 11.3 Å². The molecule has 0 unspecified atom stereocenters. The van der Waals surface area contributed by atoms with Crippen molar-refractivity contribution in [1.29, 1.82) is 0 Å². The van der Waals surface area contributed by atoms with Crippen LogP contribution in [0.4, 0.5) is 0 Å². The van der Waals surface area contributed by atoms with Crippen molar-refractivity contribution in [1.82, 2.24) is 9.38 Å². The molecule has 0 bridgehead atoms. The first kappa shape index (κ1) is 16.9. The number of aryl methyl sites for hydroxylation is 2. The summed E-state index contributed by atoms with van der Waals surface area (Å²) in [5.41, 5.74) is 2.25. The van der Waals surface area contributed by atoms with Crippen LogP contribution in [0.1, 0.15) is 26.6 Å². The molecule has 0 spiro atoms. The van der Waals surface area contributed by atoms with Crippen molar-refractivity contribution in [2.75, 3.05) is 6.61 Å². The van der Waals surface area contributed by atoms with E-state index < -0.39 is 12.6 Å². The van der Waals surface area contributed by atoms with Gasteiger partial charge < -0.3 is 9.84 Å². The lowest BCUT2D eigenvalue weighted by Crippen LogP contribution is -2.09. The molecule has 6 nitrogen and oxygen atoms in total. The number of hydrogen-bond acceptors (Lipinski definition) is 5. The number of rotatable bonds is 6. The molecule has 0 aliphatic rings. The Hall–Kier alpha value is -2.93. The average Bonchev–Trinajstić information content (AvgIpc) is 3.06. The van der Waals surface area contributed by atoms with Gasteiger partial charge in [0.05, 0.1) is 11.4 Å². The Morgan fingerprint density at radius 1 is 1.28 bits per heavy atom.